The van der Waals surface area contributed by atoms with Gasteiger partial charge in [0.25, 0.3) is 0 Å². The smallest absolute Gasteiger partial charge is 0.393 e. The Labute approximate surface area is 160 Å². The number of nitrogens with two attached hydrogens (primary N) is 1. The van der Waals surface area contributed by atoms with Gasteiger partial charge in [0.05, 0.1) is 26.0 Å². The number of alkyl halides is 6. The molecule has 0 aliphatic rings. The maximum atomic E-state index is 13.0. The molecule has 156 valence electrons. The van der Waals surface area contributed by atoms with Gasteiger partial charge in [-0.2, -0.15) is 26.3 Å². The summed E-state index contributed by atoms with van der Waals surface area (Å²) >= 11 is 5.62. The van der Waals surface area contributed by atoms with Gasteiger partial charge in [-0.3, -0.25) is 20.2 Å². The normalized spacial score (nSPS) is 12.0. The molecule has 0 saturated heterocycles. The van der Waals surface area contributed by atoms with Crippen molar-refractivity contribution in [3.63, 3.8) is 0 Å². The summed E-state index contributed by atoms with van der Waals surface area (Å²) in [6, 6.07) is 0.310. The van der Waals surface area contributed by atoms with Gasteiger partial charge in [-0.05, 0) is 6.07 Å². The minimum atomic E-state index is -5.26. The van der Waals surface area contributed by atoms with Gasteiger partial charge in [0, 0.05) is 12.3 Å². The first kappa shape index (κ1) is 21.9. The second-order valence-electron chi connectivity index (χ2n) is 5.27. The average Bonchev–Trinajstić information content (AvgIpc) is 2.53. The number of halogens is 7. The largest absolute Gasteiger partial charge is 0.418 e. The van der Waals surface area contributed by atoms with E-state index >= 15 is 0 Å². The van der Waals surface area contributed by atoms with E-state index in [1.54, 1.807) is 0 Å². The molecule has 1 heterocycles. The Kier molecular flexibility index (Phi) is 5.47. The minimum absolute atomic E-state index is 0.0529. The number of anilines is 3. The van der Waals surface area contributed by atoms with Crippen molar-refractivity contribution in [1.82, 2.24) is 4.98 Å². The van der Waals surface area contributed by atoms with Gasteiger partial charge in [-0.25, -0.2) is 4.98 Å². The number of nitro benzene ring substituents is 2. The van der Waals surface area contributed by atoms with Crippen molar-refractivity contribution < 1.29 is 36.2 Å². The van der Waals surface area contributed by atoms with Crippen molar-refractivity contribution in [1.29, 1.82) is 0 Å². The van der Waals surface area contributed by atoms with Crippen molar-refractivity contribution in [3.8, 4) is 0 Å². The lowest BCUT2D eigenvalue weighted by Crippen LogP contribution is -2.14. The van der Waals surface area contributed by atoms with Crippen molar-refractivity contribution in [2.45, 2.75) is 12.4 Å². The van der Waals surface area contributed by atoms with Gasteiger partial charge in [0.15, 0.2) is 5.69 Å². The van der Waals surface area contributed by atoms with Gasteiger partial charge in [-0.15, -0.1) is 0 Å². The molecule has 1 aromatic carbocycles. The van der Waals surface area contributed by atoms with E-state index in [0.29, 0.717) is 6.07 Å². The van der Waals surface area contributed by atoms with Crippen LogP contribution in [-0.4, -0.2) is 14.8 Å². The quantitative estimate of drug-likeness (QED) is 0.295. The number of nitrogen functional groups attached to an aromatic ring is 1. The monoisotopic (exact) mass is 445 g/mol. The van der Waals surface area contributed by atoms with Crippen LogP contribution in [0.4, 0.5) is 54.9 Å². The Balaban J connectivity index is 2.74. The second kappa shape index (κ2) is 7.23. The molecule has 0 fully saturated rings. The minimum Gasteiger partial charge on any atom is -0.393 e. The first-order chi connectivity index (χ1) is 13.1. The summed E-state index contributed by atoms with van der Waals surface area (Å²) in [5, 5.41) is 23.6. The zero-order chi connectivity index (χ0) is 22.3. The van der Waals surface area contributed by atoms with E-state index < -0.39 is 66.9 Å². The SMILES string of the molecule is Nc1c(C(F)(F)F)cc([N+](=O)[O-])c(Nc2ncc(C(F)(F)F)cc2Cl)c1[N+](=O)[O-]. The molecule has 0 aliphatic heterocycles. The highest BCUT2D eigenvalue weighted by Crippen LogP contribution is 2.48. The molecule has 0 saturated carbocycles. The summed E-state index contributed by atoms with van der Waals surface area (Å²) in [5.74, 6) is -0.718. The van der Waals surface area contributed by atoms with Crippen molar-refractivity contribution in [2.75, 3.05) is 11.1 Å². The Hall–Kier alpha value is -3.36. The fourth-order valence-electron chi connectivity index (χ4n) is 2.16. The highest BCUT2D eigenvalue weighted by atomic mass is 35.5. The molecule has 2 aromatic rings. The van der Waals surface area contributed by atoms with Crippen LogP contribution in [-0.2, 0) is 12.4 Å². The lowest BCUT2D eigenvalue weighted by Gasteiger charge is -2.15. The Morgan fingerprint density at radius 2 is 1.62 bits per heavy atom. The highest BCUT2D eigenvalue weighted by Gasteiger charge is 2.42. The van der Waals surface area contributed by atoms with Crippen molar-refractivity contribution in [3.05, 3.63) is 54.7 Å². The number of nitrogens with one attached hydrogen (secondary N) is 1. The topological polar surface area (TPSA) is 137 Å². The maximum absolute atomic E-state index is 13.0. The molecule has 0 aliphatic carbocycles. The highest BCUT2D eigenvalue weighted by molar-refractivity contribution is 6.33. The van der Waals surface area contributed by atoms with Crippen LogP contribution in [0.25, 0.3) is 0 Å². The lowest BCUT2D eigenvalue weighted by atomic mass is 10.1. The third-order valence-corrected chi connectivity index (χ3v) is 3.70. The molecular formula is C13H6ClF6N5O4. The number of rotatable bonds is 4. The van der Waals surface area contributed by atoms with Crippen LogP contribution in [0, 0.1) is 20.2 Å². The standard InChI is InChI=1S/C13H6ClF6N5O4/c14-6-1-4(12(15,16)17)3-22-11(6)23-9-7(24(26)27)2-5(13(18,19)20)8(21)10(9)25(28)29/h1-3H,21H2,(H,22,23). The number of hydrogen-bond acceptors (Lipinski definition) is 7. The number of benzene rings is 1. The number of nitrogens with zero attached hydrogens (tertiary/aromatic N) is 3. The van der Waals surface area contributed by atoms with E-state index in [1.165, 1.54) is 0 Å². The summed E-state index contributed by atoms with van der Waals surface area (Å²) in [6.45, 7) is 0. The molecule has 0 unspecified atom stereocenters. The fraction of sp³-hybridized carbons (Fsp3) is 0.154. The van der Waals surface area contributed by atoms with Gasteiger partial charge in [0.2, 0.25) is 0 Å². The van der Waals surface area contributed by atoms with Gasteiger partial charge < -0.3 is 11.1 Å². The van der Waals surface area contributed by atoms with E-state index in [2.05, 4.69) is 4.98 Å². The van der Waals surface area contributed by atoms with Gasteiger partial charge in [0.1, 0.15) is 11.5 Å². The number of nitro groups is 2. The van der Waals surface area contributed by atoms with E-state index in [1.807, 2.05) is 5.32 Å². The van der Waals surface area contributed by atoms with Crippen LogP contribution >= 0.6 is 11.6 Å². The summed E-state index contributed by atoms with van der Waals surface area (Å²) in [6.07, 6.45) is -9.84. The molecule has 1 aromatic heterocycles. The summed E-state index contributed by atoms with van der Waals surface area (Å²) in [5.41, 5.74) is -3.48. The number of hydrogen-bond donors (Lipinski definition) is 2. The molecule has 2 rings (SSSR count). The molecule has 0 atom stereocenters. The summed E-state index contributed by atoms with van der Waals surface area (Å²) in [7, 11) is 0. The molecule has 16 heteroatoms. The third-order valence-electron chi connectivity index (χ3n) is 3.42. The van der Waals surface area contributed by atoms with Crippen molar-refractivity contribution >= 4 is 40.2 Å². The van der Waals surface area contributed by atoms with Crippen LogP contribution in [0.2, 0.25) is 5.02 Å². The maximum Gasteiger partial charge on any atom is 0.418 e. The fourth-order valence-corrected chi connectivity index (χ4v) is 2.38. The van der Waals surface area contributed by atoms with Gasteiger partial charge in [-0.1, -0.05) is 11.6 Å². The van der Waals surface area contributed by atoms with Crippen molar-refractivity contribution in [2.24, 2.45) is 0 Å². The average molecular weight is 446 g/mol. The van der Waals surface area contributed by atoms with Crippen LogP contribution in [0.15, 0.2) is 18.3 Å². The first-order valence-electron chi connectivity index (χ1n) is 6.96. The summed E-state index contributed by atoms with van der Waals surface area (Å²) in [4.78, 5) is 22.9. The predicted molar refractivity (Wildman–Crippen MR) is 86.7 cm³/mol. The van der Waals surface area contributed by atoms with Crippen LogP contribution < -0.4 is 11.1 Å². The van der Waals surface area contributed by atoms with Crippen LogP contribution in [0.5, 0.6) is 0 Å². The third kappa shape index (κ3) is 4.39. The number of pyridine rings is 1. The number of aromatic nitrogens is 1. The van der Waals surface area contributed by atoms with Gasteiger partial charge >= 0.3 is 23.7 Å². The van der Waals surface area contributed by atoms with Crippen LogP contribution in [0.1, 0.15) is 11.1 Å². The predicted octanol–water partition coefficient (Wildman–Crippen LogP) is 4.91. The molecule has 0 radical (unpaired) electrons. The zero-order valence-corrected chi connectivity index (χ0v) is 14.2. The van der Waals surface area contributed by atoms with E-state index in [0.717, 1.165) is 0 Å². The van der Waals surface area contributed by atoms with E-state index in [4.69, 9.17) is 17.3 Å². The second-order valence-corrected chi connectivity index (χ2v) is 5.68. The molecular weight excluding hydrogens is 440 g/mol. The summed E-state index contributed by atoms with van der Waals surface area (Å²) < 4.78 is 77.1. The molecule has 29 heavy (non-hydrogen) atoms. The first-order valence-corrected chi connectivity index (χ1v) is 7.34. The molecule has 0 amide bonds. The lowest BCUT2D eigenvalue weighted by molar-refractivity contribution is -0.392. The molecule has 0 bridgehead atoms. The van der Waals surface area contributed by atoms with E-state index in [-0.39, 0.29) is 12.3 Å². The molecule has 0 spiro atoms. The Morgan fingerprint density at radius 1 is 1.03 bits per heavy atom. The Morgan fingerprint density at radius 3 is 2.03 bits per heavy atom. The molecule has 9 nitrogen and oxygen atoms in total. The van der Waals surface area contributed by atoms with Crippen LogP contribution in [0.3, 0.4) is 0 Å². The zero-order valence-electron chi connectivity index (χ0n) is 13.4. The van der Waals surface area contributed by atoms with E-state index in [9.17, 15) is 46.6 Å². The Bertz CT molecular complexity index is 1010. The molecule has 3 N–H and O–H groups in total.